The molecular weight excluding hydrogens is 260 g/mol. The zero-order valence-corrected chi connectivity index (χ0v) is 10.6. The monoisotopic (exact) mass is 272 g/mol. The maximum absolute atomic E-state index is 11.9. The summed E-state index contributed by atoms with van der Waals surface area (Å²) in [7, 11) is 2.71. The van der Waals surface area contributed by atoms with Crippen LogP contribution in [-0.2, 0) is 9.63 Å². The molecule has 0 bridgehead atoms. The van der Waals surface area contributed by atoms with Gasteiger partial charge in [0.2, 0.25) is 0 Å². The number of hydroxylamine groups is 2. The van der Waals surface area contributed by atoms with Gasteiger partial charge in [-0.25, -0.2) is 9.86 Å². The van der Waals surface area contributed by atoms with E-state index < -0.39 is 18.0 Å². The SMILES string of the molecule is CON(C)C(=O)C(NC(=O)O)c1ccc(Cl)cc1. The van der Waals surface area contributed by atoms with Gasteiger partial charge in [0, 0.05) is 12.1 Å². The number of carbonyl (C=O) groups is 2. The highest BCUT2D eigenvalue weighted by atomic mass is 35.5. The molecule has 2 amide bonds. The quantitative estimate of drug-likeness (QED) is 0.817. The first-order valence-electron chi connectivity index (χ1n) is 5.02. The molecule has 0 aliphatic rings. The van der Waals surface area contributed by atoms with Gasteiger partial charge in [-0.05, 0) is 17.7 Å². The average molecular weight is 273 g/mol. The molecule has 0 saturated heterocycles. The van der Waals surface area contributed by atoms with Gasteiger partial charge in [0.1, 0.15) is 6.04 Å². The van der Waals surface area contributed by atoms with Crippen molar-refractivity contribution in [2.45, 2.75) is 6.04 Å². The van der Waals surface area contributed by atoms with Crippen LogP contribution >= 0.6 is 11.6 Å². The molecule has 1 rings (SSSR count). The van der Waals surface area contributed by atoms with E-state index in [1.54, 1.807) is 24.3 Å². The summed E-state index contributed by atoms with van der Waals surface area (Å²) in [6, 6.07) is 5.26. The van der Waals surface area contributed by atoms with Gasteiger partial charge >= 0.3 is 6.09 Å². The van der Waals surface area contributed by atoms with Crippen LogP contribution in [0.2, 0.25) is 5.02 Å². The largest absolute Gasteiger partial charge is 0.465 e. The third-order valence-corrected chi connectivity index (χ3v) is 2.55. The molecule has 0 aromatic heterocycles. The van der Waals surface area contributed by atoms with Crippen molar-refractivity contribution in [2.24, 2.45) is 0 Å². The van der Waals surface area contributed by atoms with Crippen LogP contribution in [0.1, 0.15) is 11.6 Å². The van der Waals surface area contributed by atoms with Crippen molar-refractivity contribution in [2.75, 3.05) is 14.2 Å². The highest BCUT2D eigenvalue weighted by Crippen LogP contribution is 2.18. The van der Waals surface area contributed by atoms with E-state index in [0.29, 0.717) is 10.6 Å². The summed E-state index contributed by atoms with van der Waals surface area (Å²) < 4.78 is 0. The van der Waals surface area contributed by atoms with E-state index in [1.165, 1.54) is 14.2 Å². The number of hydrogen-bond donors (Lipinski definition) is 2. The fourth-order valence-electron chi connectivity index (χ4n) is 1.34. The number of amides is 2. The molecule has 1 aromatic carbocycles. The van der Waals surface area contributed by atoms with Crippen LogP contribution in [0, 0.1) is 0 Å². The molecule has 1 unspecified atom stereocenters. The molecule has 0 radical (unpaired) electrons. The fraction of sp³-hybridized carbons (Fsp3) is 0.273. The minimum absolute atomic E-state index is 0.482. The highest BCUT2D eigenvalue weighted by Gasteiger charge is 2.25. The lowest BCUT2D eigenvalue weighted by Gasteiger charge is -2.21. The summed E-state index contributed by atoms with van der Waals surface area (Å²) >= 11 is 5.73. The molecule has 0 aliphatic carbocycles. The van der Waals surface area contributed by atoms with Gasteiger partial charge in [0.15, 0.2) is 0 Å². The van der Waals surface area contributed by atoms with E-state index >= 15 is 0 Å². The molecule has 98 valence electrons. The summed E-state index contributed by atoms with van der Waals surface area (Å²) in [4.78, 5) is 27.4. The first-order valence-corrected chi connectivity index (χ1v) is 5.40. The molecule has 1 atom stereocenters. The zero-order valence-electron chi connectivity index (χ0n) is 9.88. The summed E-state index contributed by atoms with van der Waals surface area (Å²) in [5.41, 5.74) is 0.482. The number of benzene rings is 1. The lowest BCUT2D eigenvalue weighted by molar-refractivity contribution is -0.171. The Morgan fingerprint density at radius 2 is 1.94 bits per heavy atom. The number of halogens is 1. The Morgan fingerprint density at radius 3 is 2.39 bits per heavy atom. The Kier molecular flexibility index (Phi) is 4.94. The van der Waals surface area contributed by atoms with Crippen LogP contribution in [0.5, 0.6) is 0 Å². The van der Waals surface area contributed by atoms with Crippen molar-refractivity contribution >= 4 is 23.6 Å². The molecule has 7 heteroatoms. The van der Waals surface area contributed by atoms with Gasteiger partial charge in [-0.2, -0.15) is 0 Å². The third-order valence-electron chi connectivity index (χ3n) is 2.30. The second-order valence-corrected chi connectivity index (χ2v) is 3.89. The minimum Gasteiger partial charge on any atom is -0.465 e. The molecule has 0 heterocycles. The maximum Gasteiger partial charge on any atom is 0.405 e. The second-order valence-electron chi connectivity index (χ2n) is 3.45. The smallest absolute Gasteiger partial charge is 0.405 e. The summed E-state index contributed by atoms with van der Waals surface area (Å²) in [6.45, 7) is 0. The van der Waals surface area contributed by atoms with Gasteiger partial charge in [-0.1, -0.05) is 23.7 Å². The molecule has 2 N–H and O–H groups in total. The van der Waals surface area contributed by atoms with Gasteiger partial charge in [0.25, 0.3) is 5.91 Å². The molecule has 0 aliphatic heterocycles. The Bertz CT molecular complexity index is 435. The van der Waals surface area contributed by atoms with Crippen LogP contribution in [-0.4, -0.2) is 36.3 Å². The average Bonchev–Trinajstić information content (AvgIpc) is 2.35. The Labute approximate surface area is 109 Å². The van der Waals surface area contributed by atoms with Gasteiger partial charge in [-0.15, -0.1) is 0 Å². The second kappa shape index (κ2) is 6.23. The molecule has 0 spiro atoms. The van der Waals surface area contributed by atoms with Crippen LogP contribution in [0.3, 0.4) is 0 Å². The number of hydrogen-bond acceptors (Lipinski definition) is 3. The standard InChI is InChI=1S/C11H13ClN2O4/c1-14(18-2)10(15)9(13-11(16)17)7-3-5-8(12)6-4-7/h3-6,9,13H,1-2H3,(H,16,17). The summed E-state index contributed by atoms with van der Waals surface area (Å²) in [6.07, 6.45) is -1.30. The highest BCUT2D eigenvalue weighted by molar-refractivity contribution is 6.30. The minimum atomic E-state index is -1.30. The molecule has 18 heavy (non-hydrogen) atoms. The van der Waals surface area contributed by atoms with Gasteiger partial charge < -0.3 is 10.4 Å². The normalized spacial score (nSPS) is 11.7. The third kappa shape index (κ3) is 3.61. The maximum atomic E-state index is 11.9. The van der Waals surface area contributed by atoms with E-state index in [4.69, 9.17) is 21.5 Å². The van der Waals surface area contributed by atoms with Crippen molar-refractivity contribution < 1.29 is 19.5 Å². The van der Waals surface area contributed by atoms with E-state index in [9.17, 15) is 9.59 Å². The Balaban J connectivity index is 3.01. The number of carboxylic acid groups (broad SMARTS) is 1. The van der Waals surface area contributed by atoms with Crippen LogP contribution in [0.25, 0.3) is 0 Å². The van der Waals surface area contributed by atoms with Crippen LogP contribution in [0.15, 0.2) is 24.3 Å². The van der Waals surface area contributed by atoms with Gasteiger partial charge in [-0.3, -0.25) is 9.63 Å². The zero-order chi connectivity index (χ0) is 13.7. The van der Waals surface area contributed by atoms with Crippen molar-refractivity contribution in [1.82, 2.24) is 10.4 Å². The first-order chi connectivity index (χ1) is 8.45. The van der Waals surface area contributed by atoms with E-state index in [-0.39, 0.29) is 0 Å². The fourth-order valence-corrected chi connectivity index (χ4v) is 1.46. The molecule has 0 fully saturated rings. The predicted octanol–water partition coefficient (Wildman–Crippen LogP) is 1.67. The molecule has 0 saturated carbocycles. The van der Waals surface area contributed by atoms with E-state index in [0.717, 1.165) is 5.06 Å². The topological polar surface area (TPSA) is 78.9 Å². The van der Waals surface area contributed by atoms with Crippen LogP contribution in [0.4, 0.5) is 4.79 Å². The summed E-state index contributed by atoms with van der Waals surface area (Å²) in [5.74, 6) is -0.526. The predicted molar refractivity (Wildman–Crippen MR) is 65.1 cm³/mol. The lowest BCUT2D eigenvalue weighted by Crippen LogP contribution is -2.40. The lowest BCUT2D eigenvalue weighted by atomic mass is 10.1. The molecule has 6 nitrogen and oxygen atoms in total. The van der Waals surface area contributed by atoms with Crippen molar-refractivity contribution in [3.05, 3.63) is 34.9 Å². The number of nitrogens with zero attached hydrogens (tertiary/aromatic N) is 1. The molecule has 1 aromatic rings. The first kappa shape index (κ1) is 14.3. The van der Waals surface area contributed by atoms with E-state index in [2.05, 4.69) is 5.32 Å². The number of likely N-dealkylation sites (N-methyl/N-ethyl adjacent to an activating group) is 1. The van der Waals surface area contributed by atoms with Gasteiger partial charge in [0.05, 0.1) is 7.11 Å². The number of carbonyl (C=O) groups excluding carboxylic acids is 1. The van der Waals surface area contributed by atoms with Crippen molar-refractivity contribution in [1.29, 1.82) is 0 Å². The van der Waals surface area contributed by atoms with Crippen LogP contribution < -0.4 is 5.32 Å². The summed E-state index contributed by atoms with van der Waals surface area (Å²) in [5, 5.41) is 12.3. The number of nitrogens with one attached hydrogen (secondary N) is 1. The number of rotatable bonds is 4. The molecular formula is C11H13ClN2O4. The van der Waals surface area contributed by atoms with E-state index in [1.807, 2.05) is 0 Å². The van der Waals surface area contributed by atoms with Crippen molar-refractivity contribution in [3.63, 3.8) is 0 Å². The Morgan fingerprint density at radius 1 is 1.39 bits per heavy atom. The Hall–Kier alpha value is -1.79. The van der Waals surface area contributed by atoms with Crippen molar-refractivity contribution in [3.8, 4) is 0 Å².